The van der Waals surface area contributed by atoms with E-state index in [2.05, 4.69) is 5.32 Å². The van der Waals surface area contributed by atoms with Gasteiger partial charge < -0.3 is 10.2 Å². The molecule has 0 heterocycles. The maximum absolute atomic E-state index is 13.8. The van der Waals surface area contributed by atoms with Crippen molar-refractivity contribution in [3.63, 3.8) is 0 Å². The van der Waals surface area contributed by atoms with Crippen LogP contribution in [0.2, 0.25) is 10.0 Å². The van der Waals surface area contributed by atoms with Crippen LogP contribution in [0.3, 0.4) is 0 Å². The van der Waals surface area contributed by atoms with Crippen LogP contribution in [0.1, 0.15) is 25.8 Å². The third kappa shape index (κ3) is 7.24. The molecule has 3 rings (SSSR count). The fourth-order valence-corrected chi connectivity index (χ4v) is 5.57. The molecule has 0 aliphatic carbocycles. The fraction of sp³-hybridized carbons (Fsp3) is 0.259. The van der Waals surface area contributed by atoms with Crippen molar-refractivity contribution in [1.82, 2.24) is 10.2 Å². The predicted molar refractivity (Wildman–Crippen MR) is 147 cm³/mol. The highest BCUT2D eigenvalue weighted by atomic mass is 35.5. The van der Waals surface area contributed by atoms with Crippen LogP contribution in [0.15, 0.2) is 77.7 Å². The normalized spacial score (nSPS) is 12.0. The molecule has 0 bridgehead atoms. The van der Waals surface area contributed by atoms with Gasteiger partial charge in [0.2, 0.25) is 11.8 Å². The lowest BCUT2D eigenvalue weighted by Crippen LogP contribution is -2.51. The van der Waals surface area contributed by atoms with E-state index < -0.39 is 40.2 Å². The average molecular weight is 581 g/mol. The Balaban J connectivity index is 2.02. The summed E-state index contributed by atoms with van der Waals surface area (Å²) in [4.78, 5) is 27.8. The lowest BCUT2D eigenvalue weighted by molar-refractivity contribution is -0.139. The van der Waals surface area contributed by atoms with Crippen molar-refractivity contribution in [3.8, 4) is 0 Å². The second-order valence-corrected chi connectivity index (χ2v) is 11.2. The summed E-state index contributed by atoms with van der Waals surface area (Å²) in [5.74, 6) is -1.61. The van der Waals surface area contributed by atoms with Crippen LogP contribution in [-0.2, 0) is 26.2 Å². The van der Waals surface area contributed by atoms with Gasteiger partial charge in [0.1, 0.15) is 18.4 Å². The second-order valence-electron chi connectivity index (χ2n) is 8.53. The van der Waals surface area contributed by atoms with Gasteiger partial charge in [-0.05, 0) is 67.4 Å². The molecule has 11 heteroatoms. The van der Waals surface area contributed by atoms with Gasteiger partial charge in [0, 0.05) is 23.1 Å². The number of anilines is 1. The van der Waals surface area contributed by atoms with Crippen LogP contribution < -0.4 is 9.62 Å². The van der Waals surface area contributed by atoms with Crippen LogP contribution in [0.4, 0.5) is 10.1 Å². The number of benzene rings is 3. The fourth-order valence-electron chi connectivity index (χ4n) is 3.67. The molecule has 0 saturated carbocycles. The molecule has 0 aromatic heterocycles. The highest BCUT2D eigenvalue weighted by Crippen LogP contribution is 2.26. The van der Waals surface area contributed by atoms with Crippen molar-refractivity contribution in [2.75, 3.05) is 17.4 Å². The lowest BCUT2D eigenvalue weighted by atomic mass is 10.1. The van der Waals surface area contributed by atoms with E-state index in [1.165, 1.54) is 35.2 Å². The lowest BCUT2D eigenvalue weighted by Gasteiger charge is -2.32. The molecule has 0 aliphatic rings. The SMILES string of the molecule is CCCNC(=O)C(C)N(Cc1ccc(Cl)cc1Cl)C(=O)CN(c1ccc(F)cc1)S(=O)(=O)c1ccccc1. The minimum atomic E-state index is -4.22. The summed E-state index contributed by atoms with van der Waals surface area (Å²) in [5, 5.41) is 3.46. The number of sulfonamides is 1. The molecule has 0 aliphatic heterocycles. The first-order valence-corrected chi connectivity index (χ1v) is 14.1. The molecule has 202 valence electrons. The summed E-state index contributed by atoms with van der Waals surface area (Å²) in [7, 11) is -4.22. The maximum Gasteiger partial charge on any atom is 0.264 e. The summed E-state index contributed by atoms with van der Waals surface area (Å²) >= 11 is 12.4. The smallest absolute Gasteiger partial charge is 0.264 e. The van der Waals surface area contributed by atoms with Crippen molar-refractivity contribution in [1.29, 1.82) is 0 Å². The number of nitrogens with one attached hydrogen (secondary N) is 1. The molecule has 0 spiro atoms. The van der Waals surface area contributed by atoms with Gasteiger partial charge in [0.15, 0.2) is 0 Å². The van der Waals surface area contributed by atoms with E-state index in [-0.39, 0.29) is 17.1 Å². The number of hydrogen-bond donors (Lipinski definition) is 1. The van der Waals surface area contributed by atoms with E-state index in [0.717, 1.165) is 16.4 Å². The summed E-state index contributed by atoms with van der Waals surface area (Å²) in [6.45, 7) is 3.16. The summed E-state index contributed by atoms with van der Waals surface area (Å²) in [5.41, 5.74) is 0.620. The Morgan fingerprint density at radius 2 is 1.66 bits per heavy atom. The molecule has 3 aromatic carbocycles. The van der Waals surface area contributed by atoms with Gasteiger partial charge >= 0.3 is 0 Å². The molecule has 0 radical (unpaired) electrons. The van der Waals surface area contributed by atoms with Crippen molar-refractivity contribution < 1.29 is 22.4 Å². The largest absolute Gasteiger partial charge is 0.354 e. The zero-order valence-electron chi connectivity index (χ0n) is 20.9. The highest BCUT2D eigenvalue weighted by Gasteiger charge is 2.32. The van der Waals surface area contributed by atoms with E-state index in [1.807, 2.05) is 6.92 Å². The molecule has 1 N–H and O–H groups in total. The molecule has 3 aromatic rings. The van der Waals surface area contributed by atoms with E-state index in [9.17, 15) is 22.4 Å². The molecular weight excluding hydrogens is 552 g/mol. The Kier molecular flexibility index (Phi) is 10.1. The minimum Gasteiger partial charge on any atom is -0.354 e. The Labute approximate surface area is 232 Å². The molecule has 1 unspecified atom stereocenters. The van der Waals surface area contributed by atoms with Gasteiger partial charge in [-0.1, -0.05) is 54.4 Å². The summed E-state index contributed by atoms with van der Waals surface area (Å²) < 4.78 is 41.8. The number of rotatable bonds is 11. The summed E-state index contributed by atoms with van der Waals surface area (Å²) in [6.07, 6.45) is 0.698. The van der Waals surface area contributed by atoms with Crippen LogP contribution in [0.25, 0.3) is 0 Å². The monoisotopic (exact) mass is 579 g/mol. The predicted octanol–water partition coefficient (Wildman–Crippen LogP) is 5.27. The number of carbonyl (C=O) groups excluding carboxylic acids is 2. The molecule has 2 amide bonds. The molecule has 0 saturated heterocycles. The Hall–Kier alpha value is -3.14. The quantitative estimate of drug-likeness (QED) is 0.335. The molecule has 0 fully saturated rings. The molecule has 38 heavy (non-hydrogen) atoms. The number of halogens is 3. The van der Waals surface area contributed by atoms with Crippen molar-refractivity contribution in [2.45, 2.75) is 37.8 Å². The summed E-state index contributed by atoms with van der Waals surface area (Å²) in [6, 6.07) is 16.2. The zero-order valence-corrected chi connectivity index (χ0v) is 23.2. The third-order valence-corrected chi connectivity index (χ3v) is 8.17. The Morgan fingerprint density at radius 3 is 2.26 bits per heavy atom. The van der Waals surface area contributed by atoms with Crippen molar-refractivity contribution in [3.05, 3.63) is 94.2 Å². The van der Waals surface area contributed by atoms with Gasteiger partial charge in [-0.3, -0.25) is 13.9 Å². The topological polar surface area (TPSA) is 86.8 Å². The van der Waals surface area contributed by atoms with Crippen LogP contribution in [0.5, 0.6) is 0 Å². The van der Waals surface area contributed by atoms with Crippen molar-refractivity contribution in [2.24, 2.45) is 0 Å². The molecule has 1 atom stereocenters. The third-order valence-electron chi connectivity index (χ3n) is 5.80. The average Bonchev–Trinajstić information content (AvgIpc) is 2.90. The number of hydrogen-bond acceptors (Lipinski definition) is 4. The first-order valence-electron chi connectivity index (χ1n) is 11.9. The maximum atomic E-state index is 13.8. The minimum absolute atomic E-state index is 0.0434. The van der Waals surface area contributed by atoms with E-state index in [0.29, 0.717) is 28.6 Å². The van der Waals surface area contributed by atoms with Crippen LogP contribution >= 0.6 is 23.2 Å². The van der Waals surface area contributed by atoms with E-state index in [4.69, 9.17) is 23.2 Å². The standard InChI is InChI=1S/C27H28Cl2FN3O4S/c1-3-15-31-27(35)19(2)32(17-20-9-10-21(28)16-25(20)29)26(34)18-33(23-13-11-22(30)12-14-23)38(36,37)24-7-5-4-6-8-24/h4-14,16,19H,3,15,17-18H2,1-2H3,(H,31,35). The zero-order chi connectivity index (χ0) is 27.9. The van der Waals surface area contributed by atoms with Crippen LogP contribution in [-0.4, -0.2) is 44.3 Å². The second kappa shape index (κ2) is 13.1. The Bertz CT molecular complexity index is 1370. The van der Waals surface area contributed by atoms with E-state index in [1.54, 1.807) is 37.3 Å². The van der Waals surface area contributed by atoms with Gasteiger partial charge in [0.05, 0.1) is 10.6 Å². The molecular formula is C27H28Cl2FN3O4S. The van der Waals surface area contributed by atoms with E-state index >= 15 is 0 Å². The first kappa shape index (κ1) is 29.4. The number of carbonyl (C=O) groups is 2. The van der Waals surface area contributed by atoms with Crippen LogP contribution in [0, 0.1) is 5.82 Å². The van der Waals surface area contributed by atoms with Crippen molar-refractivity contribution >= 4 is 50.7 Å². The van der Waals surface area contributed by atoms with Gasteiger partial charge in [-0.2, -0.15) is 0 Å². The number of amides is 2. The first-order chi connectivity index (χ1) is 18.0. The Morgan fingerprint density at radius 1 is 1.00 bits per heavy atom. The van der Waals surface area contributed by atoms with Gasteiger partial charge in [-0.15, -0.1) is 0 Å². The van der Waals surface area contributed by atoms with Gasteiger partial charge in [-0.25, -0.2) is 12.8 Å². The number of nitrogens with zero attached hydrogens (tertiary/aromatic N) is 2. The molecule has 7 nitrogen and oxygen atoms in total. The highest BCUT2D eigenvalue weighted by molar-refractivity contribution is 7.92. The van der Waals surface area contributed by atoms with Gasteiger partial charge in [0.25, 0.3) is 10.0 Å².